The van der Waals surface area contributed by atoms with E-state index in [0.717, 1.165) is 0 Å². The molecule has 0 atom stereocenters. The summed E-state index contributed by atoms with van der Waals surface area (Å²) in [5.74, 6) is -0.712. The lowest BCUT2D eigenvalue weighted by molar-refractivity contribution is 0.0455. The molecule has 0 saturated heterocycles. The molecule has 0 saturated carbocycles. The Morgan fingerprint density at radius 3 is 2.62 bits per heavy atom. The van der Waals surface area contributed by atoms with Gasteiger partial charge >= 0.3 is 5.97 Å². The molecule has 0 aliphatic heterocycles. The molecule has 16 heavy (non-hydrogen) atoms. The van der Waals surface area contributed by atoms with Gasteiger partial charge in [0.15, 0.2) is 0 Å². The normalized spacial score (nSPS) is 10.6. The average Bonchev–Trinajstić information content (AvgIpc) is 2.19. The van der Waals surface area contributed by atoms with Crippen LogP contribution in [0.1, 0.15) is 24.2 Å². The molecular weight excluding hydrogens is 251 g/mol. The molecule has 0 aromatic heterocycles. The minimum Gasteiger partial charge on any atom is -0.505 e. The highest BCUT2D eigenvalue weighted by molar-refractivity contribution is 6.36. The minimum atomic E-state index is -0.629. The number of ether oxygens (including phenoxy) is 1. The van der Waals surface area contributed by atoms with E-state index in [0.29, 0.717) is 0 Å². The number of esters is 1. The zero-order valence-electron chi connectivity index (χ0n) is 8.96. The third kappa shape index (κ3) is 3.29. The van der Waals surface area contributed by atoms with Crippen LogP contribution in [0.4, 0.5) is 0 Å². The van der Waals surface area contributed by atoms with E-state index in [2.05, 4.69) is 0 Å². The molecule has 0 spiro atoms. The van der Waals surface area contributed by atoms with E-state index in [1.54, 1.807) is 0 Å². The van der Waals surface area contributed by atoms with Gasteiger partial charge in [0.1, 0.15) is 11.3 Å². The lowest BCUT2D eigenvalue weighted by Crippen LogP contribution is -2.10. The standard InChI is InChI=1S/C11H12Cl2O3/c1-6(2)5-16-11(15)8-3-7(12)4-9(13)10(8)14/h3-4,6,14H,5H2,1-2H3. The second kappa shape index (κ2) is 5.41. The van der Waals surface area contributed by atoms with Crippen molar-refractivity contribution in [1.82, 2.24) is 0 Å². The van der Waals surface area contributed by atoms with E-state index < -0.39 is 5.97 Å². The predicted octanol–water partition coefficient (Wildman–Crippen LogP) is 3.51. The van der Waals surface area contributed by atoms with Crippen molar-refractivity contribution in [1.29, 1.82) is 0 Å². The summed E-state index contributed by atoms with van der Waals surface area (Å²) in [5, 5.41) is 9.87. The maximum Gasteiger partial charge on any atom is 0.342 e. The fraction of sp³-hybridized carbons (Fsp3) is 0.364. The van der Waals surface area contributed by atoms with E-state index >= 15 is 0 Å². The van der Waals surface area contributed by atoms with Crippen LogP contribution in [-0.4, -0.2) is 17.7 Å². The summed E-state index contributed by atoms with van der Waals surface area (Å²) in [6.45, 7) is 4.11. The van der Waals surface area contributed by atoms with Gasteiger partial charge in [-0.25, -0.2) is 4.79 Å². The molecule has 1 aromatic carbocycles. The van der Waals surface area contributed by atoms with Crippen molar-refractivity contribution in [3.63, 3.8) is 0 Å². The van der Waals surface area contributed by atoms with Gasteiger partial charge in [-0.2, -0.15) is 0 Å². The van der Waals surface area contributed by atoms with Gasteiger partial charge in [0.05, 0.1) is 11.6 Å². The first-order valence-electron chi connectivity index (χ1n) is 4.77. The van der Waals surface area contributed by atoms with Crippen molar-refractivity contribution in [3.05, 3.63) is 27.7 Å². The molecule has 0 aliphatic rings. The highest BCUT2D eigenvalue weighted by Crippen LogP contribution is 2.31. The number of halogens is 2. The number of hydrogen-bond donors (Lipinski definition) is 1. The molecule has 0 radical (unpaired) electrons. The van der Waals surface area contributed by atoms with Gasteiger partial charge in [0, 0.05) is 5.02 Å². The van der Waals surface area contributed by atoms with E-state index in [1.807, 2.05) is 13.8 Å². The van der Waals surface area contributed by atoms with E-state index in [1.165, 1.54) is 12.1 Å². The monoisotopic (exact) mass is 262 g/mol. The maximum absolute atomic E-state index is 11.6. The van der Waals surface area contributed by atoms with E-state index in [-0.39, 0.29) is 33.9 Å². The first-order chi connectivity index (χ1) is 7.41. The van der Waals surface area contributed by atoms with Crippen LogP contribution in [-0.2, 0) is 4.74 Å². The summed E-state index contributed by atoms with van der Waals surface area (Å²) in [6.07, 6.45) is 0. The Bertz CT molecular complexity index is 402. The van der Waals surface area contributed by atoms with E-state index in [4.69, 9.17) is 27.9 Å². The number of benzene rings is 1. The van der Waals surface area contributed by atoms with Gasteiger partial charge in [-0.15, -0.1) is 0 Å². The molecule has 3 nitrogen and oxygen atoms in total. The molecule has 1 aromatic rings. The summed E-state index contributed by atoms with van der Waals surface area (Å²) in [4.78, 5) is 11.6. The second-order valence-electron chi connectivity index (χ2n) is 3.78. The van der Waals surface area contributed by atoms with Crippen molar-refractivity contribution < 1.29 is 14.6 Å². The fourth-order valence-electron chi connectivity index (χ4n) is 1.04. The van der Waals surface area contributed by atoms with Gasteiger partial charge < -0.3 is 9.84 Å². The second-order valence-corrected chi connectivity index (χ2v) is 4.62. The molecule has 1 N–H and O–H groups in total. The van der Waals surface area contributed by atoms with Crippen LogP contribution in [0.15, 0.2) is 12.1 Å². The molecule has 5 heteroatoms. The van der Waals surface area contributed by atoms with Gasteiger partial charge in [-0.05, 0) is 18.1 Å². The van der Waals surface area contributed by atoms with Crippen LogP contribution >= 0.6 is 23.2 Å². The number of hydrogen-bond acceptors (Lipinski definition) is 3. The van der Waals surface area contributed by atoms with Crippen molar-refractivity contribution in [2.45, 2.75) is 13.8 Å². The van der Waals surface area contributed by atoms with Gasteiger partial charge in [-0.1, -0.05) is 37.0 Å². The molecule has 0 fully saturated rings. The quantitative estimate of drug-likeness (QED) is 0.849. The third-order valence-corrected chi connectivity index (χ3v) is 2.30. The summed E-state index contributed by atoms with van der Waals surface area (Å²) in [5.41, 5.74) is -0.0156. The number of carbonyl (C=O) groups excluding carboxylic acids is 1. The molecule has 1 rings (SSSR count). The largest absolute Gasteiger partial charge is 0.505 e. The SMILES string of the molecule is CC(C)COC(=O)c1cc(Cl)cc(Cl)c1O. The van der Waals surface area contributed by atoms with Crippen LogP contribution in [0.2, 0.25) is 10.0 Å². The van der Waals surface area contributed by atoms with Crippen molar-refractivity contribution >= 4 is 29.2 Å². The summed E-state index contributed by atoms with van der Waals surface area (Å²) in [6, 6.07) is 2.68. The highest BCUT2D eigenvalue weighted by Gasteiger charge is 2.16. The molecule has 0 heterocycles. The lowest BCUT2D eigenvalue weighted by atomic mass is 10.2. The lowest BCUT2D eigenvalue weighted by Gasteiger charge is -2.09. The Hall–Kier alpha value is -0.930. The summed E-state index contributed by atoms with van der Waals surface area (Å²) >= 11 is 11.4. The number of carbonyl (C=O) groups is 1. The molecular formula is C11H12Cl2O3. The van der Waals surface area contributed by atoms with Crippen LogP contribution in [0.5, 0.6) is 5.75 Å². The smallest absolute Gasteiger partial charge is 0.342 e. The van der Waals surface area contributed by atoms with Crippen LogP contribution < -0.4 is 0 Å². The topological polar surface area (TPSA) is 46.5 Å². The Labute approximate surface area is 104 Å². The highest BCUT2D eigenvalue weighted by atomic mass is 35.5. The molecule has 0 aliphatic carbocycles. The van der Waals surface area contributed by atoms with Crippen LogP contribution in [0.3, 0.4) is 0 Å². The Morgan fingerprint density at radius 2 is 2.06 bits per heavy atom. The average molecular weight is 263 g/mol. The Morgan fingerprint density at radius 1 is 1.44 bits per heavy atom. The molecule has 0 bridgehead atoms. The number of phenolic OH excluding ortho intramolecular Hbond substituents is 1. The van der Waals surface area contributed by atoms with Crippen LogP contribution in [0, 0.1) is 5.92 Å². The predicted molar refractivity (Wildman–Crippen MR) is 63.2 cm³/mol. The first-order valence-corrected chi connectivity index (χ1v) is 5.52. The zero-order valence-corrected chi connectivity index (χ0v) is 10.5. The number of rotatable bonds is 3. The fourth-order valence-corrected chi connectivity index (χ4v) is 1.54. The minimum absolute atomic E-state index is 0.0156. The molecule has 0 amide bonds. The first kappa shape index (κ1) is 13.1. The Balaban J connectivity index is 2.91. The maximum atomic E-state index is 11.6. The Kier molecular flexibility index (Phi) is 4.44. The van der Waals surface area contributed by atoms with Gasteiger partial charge in [0.2, 0.25) is 0 Å². The zero-order chi connectivity index (χ0) is 12.3. The van der Waals surface area contributed by atoms with Crippen molar-refractivity contribution in [3.8, 4) is 5.75 Å². The van der Waals surface area contributed by atoms with Gasteiger partial charge in [-0.3, -0.25) is 0 Å². The van der Waals surface area contributed by atoms with Crippen LogP contribution in [0.25, 0.3) is 0 Å². The number of phenols is 1. The third-order valence-electron chi connectivity index (χ3n) is 1.80. The van der Waals surface area contributed by atoms with Crippen molar-refractivity contribution in [2.24, 2.45) is 5.92 Å². The number of aromatic hydroxyl groups is 1. The van der Waals surface area contributed by atoms with Crippen molar-refractivity contribution in [2.75, 3.05) is 6.61 Å². The van der Waals surface area contributed by atoms with Gasteiger partial charge in [0.25, 0.3) is 0 Å². The summed E-state index contributed by atoms with van der Waals surface area (Å²) in [7, 11) is 0. The molecule has 88 valence electrons. The van der Waals surface area contributed by atoms with E-state index in [9.17, 15) is 9.90 Å². The summed E-state index contributed by atoms with van der Waals surface area (Å²) < 4.78 is 4.96. The molecule has 0 unspecified atom stereocenters.